The predicted molar refractivity (Wildman–Crippen MR) is 130 cm³/mol. The molecule has 0 saturated carbocycles. The lowest BCUT2D eigenvalue weighted by atomic mass is 10.0. The van der Waals surface area contributed by atoms with Crippen LogP contribution < -0.4 is 5.32 Å². The van der Waals surface area contributed by atoms with Crippen molar-refractivity contribution in [2.75, 3.05) is 25.0 Å². The van der Waals surface area contributed by atoms with Crippen molar-refractivity contribution < 1.29 is 13.3 Å². The van der Waals surface area contributed by atoms with Crippen molar-refractivity contribution in [1.29, 1.82) is 0 Å². The number of benzene rings is 1. The fraction of sp³-hybridized carbons (Fsp3) is 0.478. The van der Waals surface area contributed by atoms with Gasteiger partial charge < -0.3 is 5.32 Å². The first kappa shape index (κ1) is 24.1. The molecule has 3 heterocycles. The quantitative estimate of drug-likeness (QED) is 0.292. The summed E-state index contributed by atoms with van der Waals surface area (Å²) in [5, 5.41) is 19.3. The van der Waals surface area contributed by atoms with Crippen LogP contribution in [0.15, 0.2) is 35.2 Å². The molecule has 1 aromatic carbocycles. The summed E-state index contributed by atoms with van der Waals surface area (Å²) in [6.45, 7) is 7.30. The number of nitro benzene ring substituents is 1. The van der Waals surface area contributed by atoms with Gasteiger partial charge in [-0.25, -0.2) is 17.9 Å². The molecule has 0 bridgehead atoms. The van der Waals surface area contributed by atoms with E-state index in [0.29, 0.717) is 38.2 Å². The normalized spacial score (nSPS) is 17.2. The van der Waals surface area contributed by atoms with Crippen molar-refractivity contribution in [2.24, 2.45) is 5.92 Å². The number of aryl methyl sites for hydroxylation is 3. The Morgan fingerprint density at radius 3 is 2.76 bits per heavy atom. The minimum atomic E-state index is -3.76. The molecule has 0 aliphatic carbocycles. The second kappa shape index (κ2) is 9.67. The summed E-state index contributed by atoms with van der Waals surface area (Å²) in [6.07, 6.45) is 3.16. The Morgan fingerprint density at radius 2 is 2.03 bits per heavy atom. The summed E-state index contributed by atoms with van der Waals surface area (Å²) < 4.78 is 29.3. The van der Waals surface area contributed by atoms with E-state index in [2.05, 4.69) is 15.4 Å². The zero-order valence-electron chi connectivity index (χ0n) is 19.7. The fourth-order valence-electron chi connectivity index (χ4n) is 4.44. The summed E-state index contributed by atoms with van der Waals surface area (Å²) in [4.78, 5) is 15.6. The summed E-state index contributed by atoms with van der Waals surface area (Å²) >= 11 is 0. The molecule has 4 rings (SSSR count). The van der Waals surface area contributed by atoms with Gasteiger partial charge in [-0.15, -0.1) is 0 Å². The van der Waals surface area contributed by atoms with Crippen molar-refractivity contribution in [1.82, 2.24) is 18.9 Å². The highest BCUT2D eigenvalue weighted by Gasteiger charge is 2.30. The number of fused-ring (bicyclic) bond motifs is 1. The van der Waals surface area contributed by atoms with Gasteiger partial charge in [0.05, 0.1) is 15.5 Å². The number of piperidine rings is 1. The molecule has 1 fully saturated rings. The van der Waals surface area contributed by atoms with Crippen LogP contribution >= 0.6 is 0 Å². The maximum atomic E-state index is 13.0. The molecule has 182 valence electrons. The number of hydrogen-bond donors (Lipinski definition) is 1. The lowest BCUT2D eigenvalue weighted by Gasteiger charge is -2.30. The largest absolute Gasteiger partial charge is 0.379 e. The Bertz CT molecular complexity index is 1320. The van der Waals surface area contributed by atoms with E-state index in [1.807, 2.05) is 37.4 Å². The van der Waals surface area contributed by atoms with Gasteiger partial charge in [0.2, 0.25) is 10.0 Å². The molecular formula is C23H30N6O4S. The first-order chi connectivity index (χ1) is 16.1. The molecule has 34 heavy (non-hydrogen) atoms. The summed E-state index contributed by atoms with van der Waals surface area (Å²) in [5.41, 5.74) is 3.71. The first-order valence-corrected chi connectivity index (χ1v) is 12.9. The standard InChI is InChI=1S/C23H30N6O4S/c1-16-6-5-11-27(15-16)34(32,33)20-8-9-21(22(14-20)29(30)31)24-10-4-7-19-13-23-25-17(2)12-18(3)28(23)26-19/h8-9,12-14,16,24H,4-7,10-11,15H2,1-3H3/t16-/m0/s1. The molecule has 0 radical (unpaired) electrons. The second-order valence-electron chi connectivity index (χ2n) is 9.02. The molecule has 2 aromatic heterocycles. The van der Waals surface area contributed by atoms with Crippen molar-refractivity contribution in [3.8, 4) is 0 Å². The van der Waals surface area contributed by atoms with Crippen molar-refractivity contribution in [2.45, 2.75) is 51.3 Å². The Labute approximate surface area is 199 Å². The molecule has 11 heteroatoms. The monoisotopic (exact) mass is 486 g/mol. The highest BCUT2D eigenvalue weighted by atomic mass is 32.2. The van der Waals surface area contributed by atoms with Crippen molar-refractivity contribution in [3.63, 3.8) is 0 Å². The van der Waals surface area contributed by atoms with Crippen LogP contribution in [0.3, 0.4) is 0 Å². The third-order valence-electron chi connectivity index (χ3n) is 6.13. The molecule has 0 spiro atoms. The molecule has 0 amide bonds. The third-order valence-corrected chi connectivity index (χ3v) is 7.99. The van der Waals surface area contributed by atoms with Crippen LogP contribution in [0.5, 0.6) is 0 Å². The number of rotatable bonds is 8. The fourth-order valence-corrected chi connectivity index (χ4v) is 6.05. The molecule has 3 aromatic rings. The number of aromatic nitrogens is 3. The minimum absolute atomic E-state index is 0.0401. The molecule has 1 N–H and O–H groups in total. The SMILES string of the molecule is Cc1cc(C)n2nc(CCCNc3ccc(S(=O)(=O)N4CCC[C@H](C)C4)cc3[N+](=O)[O-])cc2n1. The maximum absolute atomic E-state index is 13.0. The highest BCUT2D eigenvalue weighted by Crippen LogP contribution is 2.30. The molecule has 1 atom stereocenters. The summed E-state index contributed by atoms with van der Waals surface area (Å²) in [5.74, 6) is 0.274. The summed E-state index contributed by atoms with van der Waals surface area (Å²) in [6, 6.07) is 8.02. The molecule has 1 aliphatic rings. The summed E-state index contributed by atoms with van der Waals surface area (Å²) in [7, 11) is -3.76. The van der Waals surface area contributed by atoms with Crippen LogP contribution in [0, 0.1) is 29.9 Å². The zero-order chi connectivity index (χ0) is 24.5. The Hall–Kier alpha value is -3.05. The van der Waals surface area contributed by atoms with Crippen molar-refractivity contribution in [3.05, 3.63) is 57.5 Å². The van der Waals surface area contributed by atoms with E-state index in [-0.39, 0.29) is 16.5 Å². The lowest BCUT2D eigenvalue weighted by Crippen LogP contribution is -2.39. The van der Waals surface area contributed by atoms with E-state index >= 15 is 0 Å². The number of anilines is 1. The van der Waals surface area contributed by atoms with Gasteiger partial charge in [-0.05, 0) is 63.6 Å². The predicted octanol–water partition coefficient (Wildman–Crippen LogP) is 3.72. The van der Waals surface area contributed by atoms with Crippen LogP contribution in [0.1, 0.15) is 43.3 Å². The van der Waals surface area contributed by atoms with Gasteiger partial charge in [0, 0.05) is 43.2 Å². The second-order valence-corrected chi connectivity index (χ2v) is 11.0. The number of hydrogen-bond acceptors (Lipinski definition) is 7. The minimum Gasteiger partial charge on any atom is -0.379 e. The van der Waals surface area contributed by atoms with E-state index in [1.165, 1.54) is 16.4 Å². The first-order valence-electron chi connectivity index (χ1n) is 11.5. The Balaban J connectivity index is 1.43. The van der Waals surface area contributed by atoms with E-state index in [9.17, 15) is 18.5 Å². The van der Waals surface area contributed by atoms with Gasteiger partial charge in [0.1, 0.15) is 5.69 Å². The Morgan fingerprint density at radius 1 is 1.24 bits per heavy atom. The van der Waals surface area contributed by atoms with E-state index in [1.54, 1.807) is 0 Å². The highest BCUT2D eigenvalue weighted by molar-refractivity contribution is 7.89. The molecule has 0 unspecified atom stereocenters. The number of nitrogens with one attached hydrogen (secondary N) is 1. The lowest BCUT2D eigenvalue weighted by molar-refractivity contribution is -0.384. The average molecular weight is 487 g/mol. The van der Waals surface area contributed by atoms with Gasteiger partial charge >= 0.3 is 0 Å². The maximum Gasteiger partial charge on any atom is 0.293 e. The van der Waals surface area contributed by atoms with Crippen LogP contribution in [0.2, 0.25) is 0 Å². The molecule has 10 nitrogen and oxygen atoms in total. The van der Waals surface area contributed by atoms with Crippen molar-refractivity contribution >= 4 is 27.0 Å². The van der Waals surface area contributed by atoms with Gasteiger partial charge in [0.15, 0.2) is 5.65 Å². The van der Waals surface area contributed by atoms with E-state index in [4.69, 9.17) is 0 Å². The Kier molecular flexibility index (Phi) is 6.85. The van der Waals surface area contributed by atoms with Gasteiger partial charge in [-0.3, -0.25) is 10.1 Å². The zero-order valence-corrected chi connectivity index (χ0v) is 20.5. The van der Waals surface area contributed by atoms with Gasteiger partial charge in [-0.1, -0.05) is 6.92 Å². The topological polar surface area (TPSA) is 123 Å². The molecule has 1 saturated heterocycles. The smallest absolute Gasteiger partial charge is 0.293 e. The third kappa shape index (κ3) is 5.05. The number of sulfonamides is 1. The van der Waals surface area contributed by atoms with Crippen LogP contribution in [-0.4, -0.2) is 51.9 Å². The van der Waals surface area contributed by atoms with E-state index < -0.39 is 14.9 Å². The van der Waals surface area contributed by atoms with Crippen LogP contribution in [0.4, 0.5) is 11.4 Å². The van der Waals surface area contributed by atoms with Gasteiger partial charge in [-0.2, -0.15) is 9.40 Å². The molecule has 1 aliphatic heterocycles. The average Bonchev–Trinajstić information content (AvgIpc) is 3.19. The van der Waals surface area contributed by atoms with Crippen LogP contribution in [-0.2, 0) is 16.4 Å². The number of nitro groups is 1. The van der Waals surface area contributed by atoms with Crippen LogP contribution in [0.25, 0.3) is 5.65 Å². The number of nitrogens with zero attached hydrogens (tertiary/aromatic N) is 5. The van der Waals surface area contributed by atoms with Gasteiger partial charge in [0.25, 0.3) is 5.69 Å². The molecular weight excluding hydrogens is 456 g/mol. The van der Waals surface area contributed by atoms with E-state index in [0.717, 1.165) is 41.6 Å².